The molecule has 10 nitrogen and oxygen atoms in total. The number of pyridine rings is 2. The molecule has 4 N–H and O–H groups in total. The molecule has 2 heterocycles. The zero-order valence-corrected chi connectivity index (χ0v) is 36.4. The first kappa shape index (κ1) is 44.2. The van der Waals surface area contributed by atoms with Crippen molar-refractivity contribution in [2.24, 2.45) is 9.98 Å². The lowest BCUT2D eigenvalue weighted by molar-refractivity contribution is 0.442. The summed E-state index contributed by atoms with van der Waals surface area (Å²) in [6.45, 7) is 10.8. The highest BCUT2D eigenvalue weighted by molar-refractivity contribution is 6.31. The van der Waals surface area contributed by atoms with E-state index in [1.807, 2.05) is 60.7 Å². The van der Waals surface area contributed by atoms with Crippen molar-refractivity contribution < 1.29 is 10.2 Å². The summed E-state index contributed by atoms with van der Waals surface area (Å²) >= 11 is 0. The first-order valence-corrected chi connectivity index (χ1v) is 22.9. The van der Waals surface area contributed by atoms with Crippen LogP contribution < -0.4 is 32.5 Å². The summed E-state index contributed by atoms with van der Waals surface area (Å²) in [5.41, 5.74) is 1.24. The van der Waals surface area contributed by atoms with Crippen LogP contribution in [-0.2, 0) is 0 Å². The molecule has 6 rings (SSSR count). The van der Waals surface area contributed by atoms with Gasteiger partial charge in [-0.15, -0.1) is 0 Å². The fourth-order valence-corrected chi connectivity index (χ4v) is 8.51. The quantitative estimate of drug-likeness (QED) is 0.0355. The van der Waals surface area contributed by atoms with Crippen molar-refractivity contribution >= 4 is 43.7 Å². The number of benzene rings is 4. The van der Waals surface area contributed by atoms with E-state index in [0.717, 1.165) is 103 Å². The molecule has 0 radical (unpaired) electrons. The lowest BCUT2D eigenvalue weighted by atomic mass is 9.91. The third-order valence-corrected chi connectivity index (χ3v) is 11.7. The van der Waals surface area contributed by atoms with Gasteiger partial charge in [-0.1, -0.05) is 141 Å². The minimum absolute atomic E-state index is 0.239. The van der Waals surface area contributed by atoms with Crippen molar-refractivity contribution in [2.45, 2.75) is 130 Å². The second-order valence-corrected chi connectivity index (χ2v) is 16.2. The van der Waals surface area contributed by atoms with E-state index in [1.54, 1.807) is 0 Å². The molecule has 10 heteroatoms. The third-order valence-electron chi connectivity index (χ3n) is 11.7. The van der Waals surface area contributed by atoms with Gasteiger partial charge in [-0.25, -0.2) is 9.13 Å². The average molecular weight is 815 g/mol. The Bertz CT molecular complexity index is 2530. The summed E-state index contributed by atoms with van der Waals surface area (Å²) in [4.78, 5) is 41.2. The van der Waals surface area contributed by atoms with Gasteiger partial charge in [-0.05, 0) is 49.9 Å². The molecule has 0 spiro atoms. The zero-order valence-electron chi connectivity index (χ0n) is 36.4. The van der Waals surface area contributed by atoms with Gasteiger partial charge in [0.25, 0.3) is 11.1 Å². The lowest BCUT2D eigenvalue weighted by Gasteiger charge is -2.25. The highest BCUT2D eigenvalue weighted by Gasteiger charge is 2.31. The van der Waals surface area contributed by atoms with Crippen LogP contribution in [0.5, 0.6) is 11.8 Å². The molecule has 0 bridgehead atoms. The van der Waals surface area contributed by atoms with E-state index in [4.69, 9.17) is 9.98 Å². The van der Waals surface area contributed by atoms with Gasteiger partial charge in [0, 0.05) is 37.0 Å². The van der Waals surface area contributed by atoms with E-state index in [1.165, 1.54) is 9.13 Å². The number of anilines is 2. The van der Waals surface area contributed by atoms with Crippen LogP contribution in [0.2, 0.25) is 0 Å². The average Bonchev–Trinajstić information content (AvgIpc) is 3.26. The van der Waals surface area contributed by atoms with Crippen molar-refractivity contribution in [1.29, 1.82) is 0 Å². The van der Waals surface area contributed by atoms with E-state index >= 15 is 9.59 Å². The topological polar surface area (TPSA) is 133 Å². The zero-order chi connectivity index (χ0) is 42.4. The van der Waals surface area contributed by atoms with E-state index < -0.39 is 11.1 Å². The van der Waals surface area contributed by atoms with Crippen LogP contribution in [0.25, 0.3) is 43.7 Å². The summed E-state index contributed by atoms with van der Waals surface area (Å²) < 4.78 is 2.75. The van der Waals surface area contributed by atoms with Crippen LogP contribution >= 0.6 is 0 Å². The Morgan fingerprint density at radius 3 is 1.30 bits per heavy atom. The molecule has 0 aliphatic heterocycles. The molecule has 2 aromatic heterocycles. The maximum atomic E-state index is 15.4. The molecular weight excluding hydrogens is 749 g/mol. The van der Waals surface area contributed by atoms with Crippen LogP contribution in [0.1, 0.15) is 130 Å². The van der Waals surface area contributed by atoms with E-state index in [-0.39, 0.29) is 17.1 Å². The van der Waals surface area contributed by atoms with Gasteiger partial charge in [0.2, 0.25) is 11.8 Å². The van der Waals surface area contributed by atoms with Gasteiger partial charge >= 0.3 is 0 Å². The number of hydrogen-bond acceptors (Lipinski definition) is 8. The molecule has 0 fully saturated rings. The summed E-state index contributed by atoms with van der Waals surface area (Å²) in [5.74, 6) is -0.505. The Balaban J connectivity index is 1.88. The van der Waals surface area contributed by atoms with Crippen LogP contribution in [0.15, 0.2) is 80.2 Å². The summed E-state index contributed by atoms with van der Waals surface area (Å²) in [6, 6.07) is 18.4. The molecule has 4 aromatic carbocycles. The minimum atomic E-state index is -0.454. The maximum absolute atomic E-state index is 15.4. The van der Waals surface area contributed by atoms with Gasteiger partial charge in [-0.2, -0.15) is 0 Å². The highest BCUT2D eigenvalue weighted by atomic mass is 16.3. The lowest BCUT2D eigenvalue weighted by Crippen LogP contribution is -2.36. The number of nitrogens with zero attached hydrogens (tertiary/aromatic N) is 4. The van der Waals surface area contributed by atoms with Crippen molar-refractivity contribution in [3.05, 3.63) is 92.1 Å². The third kappa shape index (κ3) is 9.33. The van der Waals surface area contributed by atoms with E-state index in [0.29, 0.717) is 86.6 Å². The number of aromatic hydroxyl groups is 2. The van der Waals surface area contributed by atoms with Crippen molar-refractivity contribution in [1.82, 2.24) is 9.13 Å². The van der Waals surface area contributed by atoms with Crippen LogP contribution in [0.3, 0.4) is 0 Å². The molecule has 0 unspecified atom stereocenters. The first-order chi connectivity index (χ1) is 29.4. The van der Waals surface area contributed by atoms with Crippen LogP contribution in [0.4, 0.5) is 11.4 Å². The standard InChI is InChI=1S/C50H66N6O4/c1-5-9-13-23-31-51-43-39-37-38-40(44(43)52-32-24-14-10-6-2)48(58)56(36-29-21-18-22-30-36)50(60)42(38)46(54-34-26-16-12-8-4)45(53-33-25-15-11-7-3)41(37)49(59)55(47(39)57)35-27-19-17-20-28-35/h17-22,27-30,51-52,57,60H,5-16,23-26,31-34H2,1-4H3. The fraction of sp³-hybridized carbons (Fsp3) is 0.480. The number of rotatable bonds is 24. The normalized spacial score (nSPS) is 12.5. The molecular formula is C50H66N6O4. The predicted molar refractivity (Wildman–Crippen MR) is 250 cm³/mol. The monoisotopic (exact) mass is 815 g/mol. The molecule has 0 atom stereocenters. The van der Waals surface area contributed by atoms with Crippen LogP contribution in [-0.4, -0.2) is 45.5 Å². The first-order valence-electron chi connectivity index (χ1n) is 22.9. The van der Waals surface area contributed by atoms with Gasteiger partial charge in [0.05, 0.1) is 55.0 Å². The predicted octanol–water partition coefficient (Wildman–Crippen LogP) is 10.7. The summed E-state index contributed by atoms with van der Waals surface area (Å²) in [7, 11) is 0. The smallest absolute Gasteiger partial charge is 0.268 e. The number of para-hydroxylation sites is 2. The largest absolute Gasteiger partial charge is 0.494 e. The second kappa shape index (κ2) is 21.7. The maximum Gasteiger partial charge on any atom is 0.268 e. The van der Waals surface area contributed by atoms with E-state index in [9.17, 15) is 10.2 Å². The summed E-state index contributed by atoms with van der Waals surface area (Å²) in [6.07, 6.45) is 16.1. The molecule has 0 saturated heterocycles. The Hall–Kier alpha value is -5.38. The number of hydrogen-bond donors (Lipinski definition) is 4. The minimum Gasteiger partial charge on any atom is -0.494 e. The van der Waals surface area contributed by atoms with Crippen LogP contribution in [0, 0.1) is 0 Å². The van der Waals surface area contributed by atoms with Crippen molar-refractivity contribution in [3.63, 3.8) is 0 Å². The second-order valence-electron chi connectivity index (χ2n) is 16.2. The Morgan fingerprint density at radius 2 is 0.833 bits per heavy atom. The number of unbranched alkanes of at least 4 members (excludes halogenated alkanes) is 12. The Labute approximate surface area is 354 Å². The molecule has 320 valence electrons. The molecule has 0 saturated carbocycles. The van der Waals surface area contributed by atoms with Gasteiger partial charge in [0.1, 0.15) is 0 Å². The molecule has 0 aliphatic rings. The molecule has 0 amide bonds. The van der Waals surface area contributed by atoms with Gasteiger partial charge in [-0.3, -0.25) is 19.6 Å². The van der Waals surface area contributed by atoms with Crippen molar-refractivity contribution in [2.75, 3.05) is 36.8 Å². The molecule has 60 heavy (non-hydrogen) atoms. The van der Waals surface area contributed by atoms with Gasteiger partial charge in [0.15, 0.2) is 0 Å². The Kier molecular flexibility index (Phi) is 16.0. The number of aromatic nitrogens is 2. The Morgan fingerprint density at radius 1 is 0.450 bits per heavy atom. The summed E-state index contributed by atoms with van der Waals surface area (Å²) in [5, 5.41) is 35.7. The highest BCUT2D eigenvalue weighted by Crippen LogP contribution is 2.47. The molecule has 6 aromatic rings. The van der Waals surface area contributed by atoms with Gasteiger partial charge < -0.3 is 20.8 Å². The number of nitrogens with one attached hydrogen (secondary N) is 2. The van der Waals surface area contributed by atoms with Crippen molar-refractivity contribution in [3.8, 4) is 23.1 Å². The van der Waals surface area contributed by atoms with E-state index in [2.05, 4.69) is 38.3 Å². The fourth-order valence-electron chi connectivity index (χ4n) is 8.51. The molecule has 0 aliphatic carbocycles. The SMILES string of the molecule is CCCCCCN=c1c(=NCCCCCC)c2c(=O)n(-c3ccccc3)c(O)c3c(NCCCCCC)c(NCCCCCC)c4c(=O)n(-c5ccccc5)c(O)c1c4c32.